The van der Waals surface area contributed by atoms with Crippen LogP contribution in [0.25, 0.3) is 16.2 Å². The number of esters is 1. The molecule has 1 atom stereocenters. The van der Waals surface area contributed by atoms with Gasteiger partial charge >= 0.3 is 5.97 Å². The summed E-state index contributed by atoms with van der Waals surface area (Å²) in [5.41, 5.74) is 1.50. The highest BCUT2D eigenvalue weighted by atomic mass is 79.9. The number of methoxy groups -OCH3 is 1. The average Bonchev–Trinajstić information content (AvgIpc) is 3.38. The first kappa shape index (κ1) is 27.6. The van der Waals surface area contributed by atoms with Crippen molar-refractivity contribution >= 4 is 84.4 Å². The fourth-order valence-corrected chi connectivity index (χ4v) is 6.01. The largest absolute Gasteiger partial charge is 0.469 e. The molecule has 1 saturated heterocycles. The van der Waals surface area contributed by atoms with E-state index in [1.54, 1.807) is 11.0 Å². The van der Waals surface area contributed by atoms with Gasteiger partial charge in [0.1, 0.15) is 0 Å². The third kappa shape index (κ3) is 6.74. The van der Waals surface area contributed by atoms with Gasteiger partial charge in [-0.05, 0) is 65.1 Å². The smallest absolute Gasteiger partial charge is 0.307 e. The molecule has 3 aromatic rings. The molecule has 6 nitrogen and oxygen atoms in total. The van der Waals surface area contributed by atoms with Crippen LogP contribution in [0.4, 0.5) is 0 Å². The molecule has 4 rings (SSSR count). The second-order valence-corrected chi connectivity index (χ2v) is 11.3. The molecule has 37 heavy (non-hydrogen) atoms. The van der Waals surface area contributed by atoms with Gasteiger partial charge in [0.15, 0.2) is 0 Å². The SMILES string of the molecule is COC(=O)CC(NC(=O)C1CCN(C(=O)C=Cc2cc3ccsc3c(Cl)c2Cl)CC1)c1ccc(Br)cc1. The zero-order chi connectivity index (χ0) is 26.5. The summed E-state index contributed by atoms with van der Waals surface area (Å²) in [5.74, 6) is -0.933. The van der Waals surface area contributed by atoms with Crippen molar-refractivity contribution in [2.75, 3.05) is 20.2 Å². The highest BCUT2D eigenvalue weighted by Crippen LogP contribution is 2.37. The van der Waals surface area contributed by atoms with E-state index in [-0.39, 0.29) is 24.2 Å². The molecule has 1 unspecified atom stereocenters. The minimum absolute atomic E-state index is 0.0374. The first-order valence-electron chi connectivity index (χ1n) is 11.7. The van der Waals surface area contributed by atoms with Crippen molar-refractivity contribution in [3.05, 3.63) is 73.5 Å². The lowest BCUT2D eigenvalue weighted by Gasteiger charge is -2.31. The minimum Gasteiger partial charge on any atom is -0.469 e. The van der Waals surface area contributed by atoms with E-state index in [1.807, 2.05) is 41.8 Å². The molecule has 0 radical (unpaired) electrons. The quantitative estimate of drug-likeness (QED) is 0.236. The zero-order valence-electron chi connectivity index (χ0n) is 20.0. The van der Waals surface area contributed by atoms with Gasteiger partial charge in [0.25, 0.3) is 0 Å². The molecule has 1 fully saturated rings. The lowest BCUT2D eigenvalue weighted by atomic mass is 9.94. The van der Waals surface area contributed by atoms with Gasteiger partial charge < -0.3 is 15.0 Å². The number of rotatable bonds is 7. The summed E-state index contributed by atoms with van der Waals surface area (Å²) in [6.07, 6.45) is 4.28. The fourth-order valence-electron chi connectivity index (χ4n) is 4.31. The van der Waals surface area contributed by atoms with Gasteiger partial charge in [-0.1, -0.05) is 51.3 Å². The van der Waals surface area contributed by atoms with E-state index >= 15 is 0 Å². The Labute approximate surface area is 237 Å². The highest BCUT2D eigenvalue weighted by Gasteiger charge is 2.29. The summed E-state index contributed by atoms with van der Waals surface area (Å²) in [4.78, 5) is 39.5. The van der Waals surface area contributed by atoms with Crippen LogP contribution in [0, 0.1) is 5.92 Å². The summed E-state index contributed by atoms with van der Waals surface area (Å²) >= 11 is 17.7. The zero-order valence-corrected chi connectivity index (χ0v) is 23.9. The number of ether oxygens (including phenoxy) is 1. The maximum absolute atomic E-state index is 13.0. The summed E-state index contributed by atoms with van der Waals surface area (Å²) in [6, 6.07) is 10.8. The Hall–Kier alpha value is -2.39. The van der Waals surface area contributed by atoms with Crippen LogP contribution in [0.2, 0.25) is 10.0 Å². The number of fused-ring (bicyclic) bond motifs is 1. The van der Waals surface area contributed by atoms with Gasteiger partial charge in [0.05, 0.1) is 34.3 Å². The maximum Gasteiger partial charge on any atom is 0.307 e. The number of hydrogen-bond acceptors (Lipinski definition) is 5. The van der Waals surface area contributed by atoms with Gasteiger partial charge in [-0.25, -0.2) is 0 Å². The average molecular weight is 624 g/mol. The number of amides is 2. The predicted molar refractivity (Wildman–Crippen MR) is 152 cm³/mol. The lowest BCUT2D eigenvalue weighted by Crippen LogP contribution is -2.43. The van der Waals surface area contributed by atoms with Crippen molar-refractivity contribution in [3.8, 4) is 0 Å². The summed E-state index contributed by atoms with van der Waals surface area (Å²) < 4.78 is 6.64. The van der Waals surface area contributed by atoms with E-state index in [0.29, 0.717) is 41.5 Å². The van der Waals surface area contributed by atoms with Crippen molar-refractivity contribution in [1.82, 2.24) is 10.2 Å². The van der Waals surface area contributed by atoms with E-state index in [4.69, 9.17) is 27.9 Å². The van der Waals surface area contributed by atoms with E-state index < -0.39 is 12.0 Å². The highest BCUT2D eigenvalue weighted by molar-refractivity contribution is 9.10. The van der Waals surface area contributed by atoms with Crippen LogP contribution >= 0.6 is 50.5 Å². The molecule has 0 saturated carbocycles. The van der Waals surface area contributed by atoms with Gasteiger partial charge in [-0.3, -0.25) is 14.4 Å². The van der Waals surface area contributed by atoms with E-state index in [9.17, 15) is 14.4 Å². The molecule has 2 heterocycles. The predicted octanol–water partition coefficient (Wildman–Crippen LogP) is 6.64. The molecule has 0 aliphatic carbocycles. The molecule has 194 valence electrons. The molecule has 1 N–H and O–H groups in total. The van der Waals surface area contributed by atoms with Crippen LogP contribution in [0.1, 0.15) is 36.4 Å². The first-order valence-corrected chi connectivity index (χ1v) is 14.1. The molecule has 1 aliphatic rings. The number of piperidine rings is 1. The van der Waals surface area contributed by atoms with Gasteiger partial charge in [0, 0.05) is 29.6 Å². The second-order valence-electron chi connectivity index (χ2n) is 8.76. The Kier molecular flexibility index (Phi) is 9.29. The van der Waals surface area contributed by atoms with E-state index in [0.717, 1.165) is 20.1 Å². The van der Waals surface area contributed by atoms with Crippen LogP contribution in [0.15, 0.2) is 52.3 Å². The van der Waals surface area contributed by atoms with Crippen LogP contribution in [0.5, 0.6) is 0 Å². The summed E-state index contributed by atoms with van der Waals surface area (Å²) in [5, 5.41) is 6.84. The molecule has 10 heteroatoms. The Bertz CT molecular complexity index is 1330. The Morgan fingerprint density at radius 3 is 2.54 bits per heavy atom. The first-order chi connectivity index (χ1) is 17.8. The topological polar surface area (TPSA) is 75.7 Å². The van der Waals surface area contributed by atoms with Crippen molar-refractivity contribution in [2.45, 2.75) is 25.3 Å². The number of carbonyl (C=O) groups is 3. The molecule has 0 bridgehead atoms. The number of carbonyl (C=O) groups excluding carboxylic acids is 3. The number of hydrogen-bond donors (Lipinski definition) is 1. The minimum atomic E-state index is -0.493. The van der Waals surface area contributed by atoms with Gasteiger partial charge in [0.2, 0.25) is 11.8 Å². The number of nitrogens with zero attached hydrogens (tertiary/aromatic N) is 1. The number of benzene rings is 2. The monoisotopic (exact) mass is 622 g/mol. The third-order valence-corrected chi connectivity index (χ3v) is 8.89. The van der Waals surface area contributed by atoms with Crippen LogP contribution in [-0.2, 0) is 19.1 Å². The number of thiophene rings is 1. The van der Waals surface area contributed by atoms with Gasteiger partial charge in [-0.2, -0.15) is 0 Å². The molecule has 1 aliphatic heterocycles. The lowest BCUT2D eigenvalue weighted by molar-refractivity contribution is -0.141. The van der Waals surface area contributed by atoms with Crippen molar-refractivity contribution in [1.29, 1.82) is 0 Å². The van der Waals surface area contributed by atoms with Crippen LogP contribution in [-0.4, -0.2) is 42.9 Å². The molecular formula is C27H25BrCl2N2O4S. The number of halogens is 3. The fraction of sp³-hybridized carbons (Fsp3) is 0.296. The Morgan fingerprint density at radius 1 is 1.16 bits per heavy atom. The summed E-state index contributed by atoms with van der Waals surface area (Å²) in [7, 11) is 1.33. The number of nitrogens with one attached hydrogen (secondary N) is 1. The van der Waals surface area contributed by atoms with Crippen LogP contribution < -0.4 is 5.32 Å². The summed E-state index contributed by atoms with van der Waals surface area (Å²) in [6.45, 7) is 0.915. The molecule has 0 spiro atoms. The molecule has 2 aromatic carbocycles. The van der Waals surface area contributed by atoms with Crippen molar-refractivity contribution < 1.29 is 19.1 Å². The number of likely N-dealkylation sites (tertiary alicyclic amines) is 1. The maximum atomic E-state index is 13.0. The van der Waals surface area contributed by atoms with E-state index in [2.05, 4.69) is 21.2 Å². The molecular weight excluding hydrogens is 599 g/mol. The standard InChI is InChI=1S/C27H25BrCl2N2O4S/c1-36-23(34)15-21(16-2-5-20(28)6-3-16)31-27(35)17-8-11-32(12-9-17)22(33)7-4-18-14-19-10-13-37-26(19)25(30)24(18)29/h2-7,10,13-14,17,21H,8-9,11-12,15H2,1H3,(H,31,35). The van der Waals surface area contributed by atoms with Gasteiger partial charge in [-0.15, -0.1) is 11.3 Å². The molecule has 2 amide bonds. The Morgan fingerprint density at radius 2 is 1.86 bits per heavy atom. The second kappa shape index (κ2) is 12.4. The van der Waals surface area contributed by atoms with Crippen molar-refractivity contribution in [2.24, 2.45) is 5.92 Å². The van der Waals surface area contributed by atoms with E-state index in [1.165, 1.54) is 24.5 Å². The third-order valence-electron chi connectivity index (χ3n) is 6.42. The van der Waals surface area contributed by atoms with Crippen LogP contribution in [0.3, 0.4) is 0 Å². The Balaban J connectivity index is 1.35. The normalized spacial score (nSPS) is 15.2. The molecule has 1 aromatic heterocycles. The van der Waals surface area contributed by atoms with Crippen molar-refractivity contribution in [3.63, 3.8) is 0 Å².